The van der Waals surface area contributed by atoms with Crippen LogP contribution in [-0.4, -0.2) is 30.2 Å². The molecular formula is C24H32N4O. The lowest BCUT2D eigenvalue weighted by molar-refractivity contribution is -0.114. The van der Waals surface area contributed by atoms with Gasteiger partial charge in [-0.2, -0.15) is 0 Å². The van der Waals surface area contributed by atoms with E-state index in [-0.39, 0.29) is 18.0 Å². The first kappa shape index (κ1) is 21.2. The molecule has 0 radical (unpaired) electrons. The molecule has 2 aromatic carbocycles. The Bertz CT molecular complexity index is 886. The molecule has 0 fully saturated rings. The lowest BCUT2D eigenvalue weighted by Crippen LogP contribution is -2.41. The molecule has 5 heteroatoms. The Labute approximate surface area is 173 Å². The topological polar surface area (TPSA) is 93.5 Å². The first-order valence-corrected chi connectivity index (χ1v) is 10.4. The fraction of sp³-hybridized carbons (Fsp3) is 0.417. The van der Waals surface area contributed by atoms with Crippen molar-refractivity contribution in [2.24, 2.45) is 22.4 Å². The summed E-state index contributed by atoms with van der Waals surface area (Å²) >= 11 is 0. The van der Waals surface area contributed by atoms with Gasteiger partial charge in [-0.25, -0.2) is 4.99 Å². The van der Waals surface area contributed by atoms with Crippen molar-refractivity contribution in [2.45, 2.75) is 52.1 Å². The second-order valence-corrected chi connectivity index (χ2v) is 8.40. The zero-order valence-electron chi connectivity index (χ0n) is 17.6. The van der Waals surface area contributed by atoms with Gasteiger partial charge in [0.15, 0.2) is 0 Å². The normalized spacial score (nSPS) is 15.0. The second-order valence-electron chi connectivity index (χ2n) is 8.40. The van der Waals surface area contributed by atoms with Crippen molar-refractivity contribution in [2.75, 3.05) is 6.54 Å². The van der Waals surface area contributed by atoms with Gasteiger partial charge in [-0.1, -0.05) is 55.8 Å². The lowest BCUT2D eigenvalue weighted by Gasteiger charge is -2.18. The number of benzene rings is 2. The molecular weight excluding hydrogens is 360 g/mol. The highest BCUT2D eigenvalue weighted by atomic mass is 16.1. The van der Waals surface area contributed by atoms with Crippen LogP contribution in [0.1, 0.15) is 37.8 Å². The Morgan fingerprint density at radius 3 is 2.45 bits per heavy atom. The summed E-state index contributed by atoms with van der Waals surface area (Å²) in [6.45, 7) is 6.73. The number of rotatable bonds is 8. The standard InChI is InChI=1S/C24H32N4O/c1-15(2)21(26)11-10-20(25)14-27-24(29)23-13-19-9-8-18(12-22(19)28-23)17-6-4-16(3)5-7-17/h4-9,12,15,20-21H,10-11,13-14,25-26H2,1-3H3,(H,27,29)/t20-,21?/m0/s1. The number of aryl methyl sites for hydroxylation is 1. The predicted octanol–water partition coefficient (Wildman–Crippen LogP) is 3.50. The molecule has 2 atom stereocenters. The molecule has 3 rings (SSSR count). The molecule has 154 valence electrons. The fourth-order valence-corrected chi connectivity index (χ4v) is 3.41. The van der Waals surface area contributed by atoms with Gasteiger partial charge in [-0.3, -0.25) is 4.79 Å². The third-order valence-electron chi connectivity index (χ3n) is 5.60. The molecule has 1 amide bonds. The van der Waals surface area contributed by atoms with Gasteiger partial charge >= 0.3 is 0 Å². The van der Waals surface area contributed by atoms with Crippen LogP contribution in [0.15, 0.2) is 47.5 Å². The number of amides is 1. The zero-order chi connectivity index (χ0) is 21.0. The lowest BCUT2D eigenvalue weighted by atomic mass is 9.98. The zero-order valence-corrected chi connectivity index (χ0v) is 17.6. The third-order valence-corrected chi connectivity index (χ3v) is 5.60. The van der Waals surface area contributed by atoms with Gasteiger partial charge in [0.25, 0.3) is 5.91 Å². The van der Waals surface area contributed by atoms with E-state index >= 15 is 0 Å². The Morgan fingerprint density at radius 2 is 1.76 bits per heavy atom. The van der Waals surface area contributed by atoms with Crippen molar-refractivity contribution in [3.63, 3.8) is 0 Å². The van der Waals surface area contributed by atoms with Crippen molar-refractivity contribution < 1.29 is 4.79 Å². The Balaban J connectivity index is 1.57. The van der Waals surface area contributed by atoms with Crippen molar-refractivity contribution in [1.82, 2.24) is 5.32 Å². The van der Waals surface area contributed by atoms with Crippen molar-refractivity contribution >= 4 is 17.3 Å². The van der Waals surface area contributed by atoms with E-state index in [0.29, 0.717) is 24.6 Å². The predicted molar refractivity (Wildman–Crippen MR) is 120 cm³/mol. The molecule has 5 nitrogen and oxygen atoms in total. The molecule has 1 heterocycles. The molecule has 0 saturated carbocycles. The average Bonchev–Trinajstić information content (AvgIpc) is 3.14. The molecule has 1 aliphatic heterocycles. The summed E-state index contributed by atoms with van der Waals surface area (Å²) < 4.78 is 0. The second kappa shape index (κ2) is 9.33. The smallest absolute Gasteiger partial charge is 0.266 e. The third kappa shape index (κ3) is 5.52. The maximum Gasteiger partial charge on any atom is 0.266 e. The van der Waals surface area contributed by atoms with Crippen LogP contribution in [0.5, 0.6) is 0 Å². The molecule has 29 heavy (non-hydrogen) atoms. The van der Waals surface area contributed by atoms with E-state index in [1.54, 1.807) is 0 Å². The van der Waals surface area contributed by atoms with Crippen LogP contribution in [0.4, 0.5) is 5.69 Å². The highest BCUT2D eigenvalue weighted by molar-refractivity contribution is 6.40. The number of aliphatic imine (C=N–C) groups is 1. The molecule has 0 saturated heterocycles. The van der Waals surface area contributed by atoms with Gasteiger partial charge in [0.2, 0.25) is 0 Å². The van der Waals surface area contributed by atoms with Crippen LogP contribution in [0, 0.1) is 12.8 Å². The van der Waals surface area contributed by atoms with Gasteiger partial charge in [-0.05, 0) is 48.4 Å². The number of fused-ring (bicyclic) bond motifs is 1. The van der Waals surface area contributed by atoms with E-state index in [2.05, 4.69) is 73.5 Å². The fourth-order valence-electron chi connectivity index (χ4n) is 3.41. The van der Waals surface area contributed by atoms with Crippen LogP contribution < -0.4 is 16.8 Å². The minimum absolute atomic E-state index is 0.0960. The van der Waals surface area contributed by atoms with E-state index < -0.39 is 0 Å². The van der Waals surface area contributed by atoms with Gasteiger partial charge in [-0.15, -0.1) is 0 Å². The quantitative estimate of drug-likeness (QED) is 0.642. The Morgan fingerprint density at radius 1 is 1.07 bits per heavy atom. The maximum absolute atomic E-state index is 12.5. The summed E-state index contributed by atoms with van der Waals surface area (Å²) in [5.41, 5.74) is 18.2. The monoisotopic (exact) mass is 392 g/mol. The van der Waals surface area contributed by atoms with Crippen LogP contribution in [-0.2, 0) is 11.2 Å². The number of nitrogens with two attached hydrogens (primary N) is 2. The maximum atomic E-state index is 12.5. The molecule has 0 bridgehead atoms. The molecule has 0 spiro atoms. The highest BCUT2D eigenvalue weighted by Crippen LogP contribution is 2.32. The number of nitrogens with one attached hydrogen (secondary N) is 1. The van der Waals surface area contributed by atoms with Crippen LogP contribution in [0.3, 0.4) is 0 Å². The molecule has 2 aromatic rings. The number of hydrogen-bond acceptors (Lipinski definition) is 4. The van der Waals surface area contributed by atoms with Gasteiger partial charge in [0, 0.05) is 25.0 Å². The van der Waals surface area contributed by atoms with E-state index in [0.717, 1.165) is 35.2 Å². The van der Waals surface area contributed by atoms with Gasteiger partial charge < -0.3 is 16.8 Å². The molecule has 0 aromatic heterocycles. The minimum atomic E-state index is -0.137. The van der Waals surface area contributed by atoms with Gasteiger partial charge in [0.1, 0.15) is 5.71 Å². The highest BCUT2D eigenvalue weighted by Gasteiger charge is 2.21. The minimum Gasteiger partial charge on any atom is -0.349 e. The van der Waals surface area contributed by atoms with Crippen molar-refractivity contribution in [3.8, 4) is 11.1 Å². The summed E-state index contributed by atoms with van der Waals surface area (Å²) in [7, 11) is 0. The van der Waals surface area contributed by atoms with Crippen LogP contribution in [0.2, 0.25) is 0 Å². The summed E-state index contributed by atoms with van der Waals surface area (Å²) in [4.78, 5) is 17.1. The number of carbonyl (C=O) groups excluding carboxylic acids is 1. The first-order chi connectivity index (χ1) is 13.8. The summed E-state index contributed by atoms with van der Waals surface area (Å²) in [6.07, 6.45) is 2.22. The van der Waals surface area contributed by atoms with Gasteiger partial charge in [0.05, 0.1) is 5.69 Å². The largest absolute Gasteiger partial charge is 0.349 e. The van der Waals surface area contributed by atoms with E-state index in [9.17, 15) is 4.79 Å². The van der Waals surface area contributed by atoms with Crippen LogP contribution in [0.25, 0.3) is 11.1 Å². The molecule has 0 aliphatic carbocycles. The molecule has 5 N–H and O–H groups in total. The van der Waals surface area contributed by atoms with E-state index in [1.807, 2.05) is 0 Å². The van der Waals surface area contributed by atoms with Crippen molar-refractivity contribution in [3.05, 3.63) is 53.6 Å². The average molecular weight is 393 g/mol. The van der Waals surface area contributed by atoms with Crippen LogP contribution >= 0.6 is 0 Å². The Hall–Kier alpha value is -2.50. The SMILES string of the molecule is Cc1ccc(-c2ccc3c(c2)N=C(C(=O)NC[C@@H](N)CCC(N)C(C)C)C3)cc1. The number of hydrogen-bond donors (Lipinski definition) is 3. The van der Waals surface area contributed by atoms with E-state index in [4.69, 9.17) is 11.5 Å². The molecule has 1 unspecified atom stereocenters. The summed E-state index contributed by atoms with van der Waals surface area (Å²) in [5, 5.41) is 2.93. The van der Waals surface area contributed by atoms with Crippen molar-refractivity contribution in [1.29, 1.82) is 0 Å². The molecule has 1 aliphatic rings. The summed E-state index contributed by atoms with van der Waals surface area (Å²) in [6, 6.07) is 14.7. The first-order valence-electron chi connectivity index (χ1n) is 10.4. The number of nitrogens with zero attached hydrogens (tertiary/aromatic N) is 1. The van der Waals surface area contributed by atoms with E-state index in [1.165, 1.54) is 5.56 Å². The Kier molecular flexibility index (Phi) is 6.83. The number of carbonyl (C=O) groups is 1. The summed E-state index contributed by atoms with van der Waals surface area (Å²) in [5.74, 6) is 0.301.